The molecule has 2 aromatic rings. The number of carbonyl (C=O) groups excluding carboxylic acids is 1. The van der Waals surface area contributed by atoms with Crippen molar-refractivity contribution in [3.8, 4) is 5.69 Å². The normalized spacial score (nSPS) is 11.7. The highest BCUT2D eigenvalue weighted by Crippen LogP contribution is 2.33. The molecule has 0 fully saturated rings. The van der Waals surface area contributed by atoms with Crippen molar-refractivity contribution in [3.05, 3.63) is 39.6 Å². The van der Waals surface area contributed by atoms with E-state index in [-0.39, 0.29) is 21.6 Å². The van der Waals surface area contributed by atoms with Gasteiger partial charge in [0.1, 0.15) is 0 Å². The Morgan fingerprint density at radius 3 is 2.45 bits per heavy atom. The highest BCUT2D eigenvalue weighted by Gasteiger charge is 2.31. The van der Waals surface area contributed by atoms with Crippen molar-refractivity contribution in [1.29, 1.82) is 0 Å². The quantitative estimate of drug-likeness (QED) is 0.780. The molecule has 0 N–H and O–H groups in total. The summed E-state index contributed by atoms with van der Waals surface area (Å²) in [5.41, 5.74) is -0.0902. The Bertz CT molecular complexity index is 679. The fourth-order valence-corrected chi connectivity index (χ4v) is 2.24. The third-order valence-electron chi connectivity index (χ3n) is 2.68. The van der Waals surface area contributed by atoms with E-state index in [2.05, 4.69) is 26.2 Å². The Hall–Kier alpha value is -1.70. The van der Waals surface area contributed by atoms with Gasteiger partial charge in [-0.25, -0.2) is 4.68 Å². The number of alkyl halides is 3. The van der Waals surface area contributed by atoms with Crippen LogP contribution in [0.25, 0.3) is 5.69 Å². The molecule has 0 amide bonds. The summed E-state index contributed by atoms with van der Waals surface area (Å²) < 4.78 is 39.8. The van der Waals surface area contributed by atoms with E-state index in [0.29, 0.717) is 5.69 Å². The summed E-state index contributed by atoms with van der Waals surface area (Å²) in [4.78, 5) is 11.3. The topological polar surface area (TPSA) is 47.8 Å². The lowest BCUT2D eigenvalue weighted by Gasteiger charge is -2.10. The number of benzene rings is 1. The number of hydrogen-bond donors (Lipinski definition) is 0. The van der Waals surface area contributed by atoms with Crippen LogP contribution in [0.5, 0.6) is 0 Å². The molecule has 1 heterocycles. The maximum atomic E-state index is 12.8. The van der Waals surface area contributed by atoms with Gasteiger partial charge in [-0.05, 0) is 25.1 Å². The van der Waals surface area contributed by atoms with Crippen LogP contribution in [0.4, 0.5) is 13.2 Å². The van der Waals surface area contributed by atoms with Crippen molar-refractivity contribution in [2.45, 2.75) is 20.0 Å². The van der Waals surface area contributed by atoms with Gasteiger partial charge in [0.15, 0.2) is 11.5 Å². The third kappa shape index (κ3) is 2.74. The third-order valence-corrected chi connectivity index (χ3v) is 3.14. The van der Waals surface area contributed by atoms with Gasteiger partial charge in [0.2, 0.25) is 0 Å². The molecule has 0 saturated carbocycles. The zero-order valence-corrected chi connectivity index (χ0v) is 12.1. The maximum Gasteiger partial charge on any atom is 0.416 e. The van der Waals surface area contributed by atoms with Crippen molar-refractivity contribution >= 4 is 21.7 Å². The van der Waals surface area contributed by atoms with Crippen molar-refractivity contribution < 1.29 is 18.0 Å². The van der Waals surface area contributed by atoms with Gasteiger partial charge in [-0.3, -0.25) is 4.79 Å². The van der Waals surface area contributed by atoms with E-state index in [9.17, 15) is 18.0 Å². The number of carbonyl (C=O) groups is 1. The Balaban J connectivity index is 2.59. The molecule has 0 saturated heterocycles. The zero-order chi connectivity index (χ0) is 15.1. The second kappa shape index (κ2) is 5.01. The molecule has 2 rings (SSSR count). The van der Waals surface area contributed by atoms with E-state index in [1.807, 2.05) is 0 Å². The van der Waals surface area contributed by atoms with Gasteiger partial charge in [0.05, 0.1) is 16.9 Å². The molecular formula is C12H9BrF3N3O. The van der Waals surface area contributed by atoms with Gasteiger partial charge in [0, 0.05) is 11.4 Å². The van der Waals surface area contributed by atoms with E-state index in [4.69, 9.17) is 0 Å². The summed E-state index contributed by atoms with van der Waals surface area (Å²) in [5.74, 6) is -0.292. The van der Waals surface area contributed by atoms with Gasteiger partial charge in [-0.1, -0.05) is 21.1 Å². The van der Waals surface area contributed by atoms with Crippen molar-refractivity contribution in [2.24, 2.45) is 0 Å². The first-order chi connectivity index (χ1) is 9.20. The minimum atomic E-state index is -4.46. The monoisotopic (exact) mass is 347 g/mol. The van der Waals surface area contributed by atoms with Crippen LogP contribution in [-0.2, 0) is 6.18 Å². The molecule has 4 nitrogen and oxygen atoms in total. The molecule has 0 aliphatic carbocycles. The highest BCUT2D eigenvalue weighted by atomic mass is 79.9. The Kier molecular flexibility index (Phi) is 3.68. The standard InChI is InChI=1S/C12H9BrF3N3O/c1-6-11(7(2)20)17-18-19(6)10-4-8(12(14,15)16)3-9(13)5-10/h3-5H,1-2H3. The van der Waals surface area contributed by atoms with Crippen LogP contribution in [0.3, 0.4) is 0 Å². The number of nitrogens with zero attached hydrogens (tertiary/aromatic N) is 3. The summed E-state index contributed by atoms with van der Waals surface area (Å²) in [6.07, 6.45) is -4.46. The molecule has 0 aliphatic rings. The van der Waals surface area contributed by atoms with E-state index >= 15 is 0 Å². The Morgan fingerprint density at radius 2 is 1.95 bits per heavy atom. The smallest absolute Gasteiger partial charge is 0.293 e. The van der Waals surface area contributed by atoms with Crippen LogP contribution in [0.1, 0.15) is 28.7 Å². The van der Waals surface area contributed by atoms with Crippen LogP contribution in [0.2, 0.25) is 0 Å². The lowest BCUT2D eigenvalue weighted by molar-refractivity contribution is -0.137. The number of halogens is 4. The van der Waals surface area contributed by atoms with E-state index in [0.717, 1.165) is 12.1 Å². The molecular weight excluding hydrogens is 339 g/mol. The van der Waals surface area contributed by atoms with Gasteiger partial charge in [-0.2, -0.15) is 13.2 Å². The molecule has 1 aromatic heterocycles. The summed E-state index contributed by atoms with van der Waals surface area (Å²) in [6.45, 7) is 2.90. The van der Waals surface area contributed by atoms with Crippen LogP contribution in [0, 0.1) is 6.92 Å². The molecule has 0 unspecified atom stereocenters. The molecule has 0 spiro atoms. The summed E-state index contributed by atoms with van der Waals surface area (Å²) in [6, 6.07) is 3.40. The first-order valence-electron chi connectivity index (χ1n) is 5.51. The number of aromatic nitrogens is 3. The molecule has 1 aromatic carbocycles. The summed E-state index contributed by atoms with van der Waals surface area (Å²) in [7, 11) is 0. The SMILES string of the molecule is CC(=O)c1nnn(-c2cc(Br)cc(C(F)(F)F)c2)c1C. The molecule has 0 aliphatic heterocycles. The molecule has 0 bridgehead atoms. The van der Waals surface area contributed by atoms with E-state index in [1.165, 1.54) is 17.7 Å². The first-order valence-corrected chi connectivity index (χ1v) is 6.31. The van der Waals surface area contributed by atoms with Crippen LogP contribution >= 0.6 is 15.9 Å². The Labute approximate surface area is 120 Å². The molecule has 20 heavy (non-hydrogen) atoms. The van der Waals surface area contributed by atoms with E-state index in [1.54, 1.807) is 6.92 Å². The average Bonchev–Trinajstić information content (AvgIpc) is 2.69. The lowest BCUT2D eigenvalue weighted by Crippen LogP contribution is -2.08. The predicted molar refractivity (Wildman–Crippen MR) is 68.8 cm³/mol. The Morgan fingerprint density at radius 1 is 1.30 bits per heavy atom. The minimum absolute atomic E-state index is 0.138. The number of Topliss-reactive ketones (excluding diaryl/α,β-unsaturated/α-hetero) is 1. The van der Waals surface area contributed by atoms with Crippen molar-refractivity contribution in [2.75, 3.05) is 0 Å². The van der Waals surface area contributed by atoms with Gasteiger partial charge >= 0.3 is 6.18 Å². The van der Waals surface area contributed by atoms with Crippen LogP contribution in [0.15, 0.2) is 22.7 Å². The first kappa shape index (κ1) is 14.7. The number of rotatable bonds is 2. The number of hydrogen-bond acceptors (Lipinski definition) is 3. The molecule has 0 radical (unpaired) electrons. The molecule has 106 valence electrons. The second-order valence-electron chi connectivity index (χ2n) is 4.19. The van der Waals surface area contributed by atoms with Crippen molar-refractivity contribution in [1.82, 2.24) is 15.0 Å². The summed E-state index contributed by atoms with van der Waals surface area (Å²) in [5, 5.41) is 7.41. The zero-order valence-electron chi connectivity index (χ0n) is 10.5. The van der Waals surface area contributed by atoms with Gasteiger partial charge in [0.25, 0.3) is 0 Å². The molecule has 0 atom stereocenters. The largest absolute Gasteiger partial charge is 0.416 e. The maximum absolute atomic E-state index is 12.8. The van der Waals surface area contributed by atoms with Crippen LogP contribution in [-0.4, -0.2) is 20.8 Å². The number of ketones is 1. The second-order valence-corrected chi connectivity index (χ2v) is 5.10. The lowest BCUT2D eigenvalue weighted by atomic mass is 10.2. The fourth-order valence-electron chi connectivity index (χ4n) is 1.76. The molecule has 8 heteroatoms. The predicted octanol–water partition coefficient (Wildman–Crippen LogP) is 3.56. The highest BCUT2D eigenvalue weighted by molar-refractivity contribution is 9.10. The van der Waals surface area contributed by atoms with Gasteiger partial charge < -0.3 is 0 Å². The van der Waals surface area contributed by atoms with E-state index < -0.39 is 11.7 Å². The minimum Gasteiger partial charge on any atom is -0.293 e. The van der Waals surface area contributed by atoms with Crippen LogP contribution < -0.4 is 0 Å². The van der Waals surface area contributed by atoms with Crippen molar-refractivity contribution in [3.63, 3.8) is 0 Å². The average molecular weight is 348 g/mol. The summed E-state index contributed by atoms with van der Waals surface area (Å²) >= 11 is 3.03. The fraction of sp³-hybridized carbons (Fsp3) is 0.250. The van der Waals surface area contributed by atoms with Gasteiger partial charge in [-0.15, -0.1) is 5.10 Å².